The summed E-state index contributed by atoms with van der Waals surface area (Å²) in [6, 6.07) is 13.7. The number of rotatable bonds is 15. The molecule has 0 spiro atoms. The first kappa shape index (κ1) is 28.2. The van der Waals surface area contributed by atoms with Crippen LogP contribution in [0.2, 0.25) is 0 Å². The van der Waals surface area contributed by atoms with Crippen molar-refractivity contribution in [3.05, 3.63) is 54.1 Å². The van der Waals surface area contributed by atoms with Crippen LogP contribution in [0, 0.1) is 0 Å². The van der Waals surface area contributed by atoms with Gasteiger partial charge in [0, 0.05) is 0 Å². The standard InChI is InChI=1S/C25H36O4S.Na/c1-2-3-4-5-6-7-8-9-10-11-13-16-22-19-20-25(30(26,27)28)24(21-22)29-23-17-14-12-15-18-23;/h12,14-15,17-21H,2-11,13,16H2,1H3,(H,26,27,28);/q;+1/p-1. The van der Waals surface area contributed by atoms with E-state index in [2.05, 4.69) is 6.92 Å². The Kier molecular flexibility index (Phi) is 14.4. The monoisotopic (exact) mass is 454 g/mol. The summed E-state index contributed by atoms with van der Waals surface area (Å²) in [5, 5.41) is 0. The van der Waals surface area contributed by atoms with Crippen LogP contribution in [0.15, 0.2) is 53.4 Å². The first-order chi connectivity index (χ1) is 14.5. The van der Waals surface area contributed by atoms with Gasteiger partial charge in [0.05, 0.1) is 4.90 Å². The van der Waals surface area contributed by atoms with Gasteiger partial charge in [0.25, 0.3) is 0 Å². The molecule has 0 aromatic heterocycles. The summed E-state index contributed by atoms with van der Waals surface area (Å²) in [5.74, 6) is 0.617. The Morgan fingerprint density at radius 1 is 0.774 bits per heavy atom. The molecule has 0 saturated carbocycles. The van der Waals surface area contributed by atoms with Crippen LogP contribution < -0.4 is 34.3 Å². The molecule has 2 aromatic carbocycles. The van der Waals surface area contributed by atoms with E-state index in [-0.39, 0.29) is 40.2 Å². The summed E-state index contributed by atoms with van der Waals surface area (Å²) in [4.78, 5) is -0.311. The molecule has 166 valence electrons. The predicted octanol–water partition coefficient (Wildman–Crippen LogP) is 4.24. The number of hydrogen-bond acceptors (Lipinski definition) is 4. The van der Waals surface area contributed by atoms with Crippen LogP contribution in [0.3, 0.4) is 0 Å². The maximum Gasteiger partial charge on any atom is 1.00 e. The summed E-state index contributed by atoms with van der Waals surface area (Å²) < 4.78 is 40.4. The SMILES string of the molecule is CCCCCCCCCCCCCc1ccc(S(=O)(=O)[O-])c(Oc2ccccc2)c1.[Na+]. The van der Waals surface area contributed by atoms with Gasteiger partial charge in [-0.05, 0) is 42.7 Å². The molecule has 0 saturated heterocycles. The average Bonchev–Trinajstić information content (AvgIpc) is 2.72. The second kappa shape index (κ2) is 15.9. The Bertz CT molecular complexity index is 838. The molecule has 0 N–H and O–H groups in total. The average molecular weight is 455 g/mol. The van der Waals surface area contributed by atoms with Crippen molar-refractivity contribution in [2.45, 2.75) is 88.9 Å². The Hall–Kier alpha value is -0.850. The molecule has 0 bridgehead atoms. The molecule has 31 heavy (non-hydrogen) atoms. The van der Waals surface area contributed by atoms with Crippen molar-refractivity contribution in [1.82, 2.24) is 0 Å². The minimum atomic E-state index is -4.59. The summed E-state index contributed by atoms with van der Waals surface area (Å²) in [7, 11) is -4.59. The van der Waals surface area contributed by atoms with Crippen molar-refractivity contribution in [1.29, 1.82) is 0 Å². The Labute approximate surface area is 210 Å². The van der Waals surface area contributed by atoms with E-state index in [1.54, 1.807) is 36.4 Å². The van der Waals surface area contributed by atoms with Gasteiger partial charge in [-0.15, -0.1) is 0 Å². The normalized spacial score (nSPS) is 11.2. The summed E-state index contributed by atoms with van der Waals surface area (Å²) in [6.07, 6.45) is 15.0. The molecule has 0 unspecified atom stereocenters. The summed E-state index contributed by atoms with van der Waals surface area (Å²) in [5.41, 5.74) is 0.990. The van der Waals surface area contributed by atoms with Gasteiger partial charge in [-0.2, -0.15) is 0 Å². The van der Waals surface area contributed by atoms with Crippen molar-refractivity contribution in [2.24, 2.45) is 0 Å². The number of hydrogen-bond donors (Lipinski definition) is 0. The van der Waals surface area contributed by atoms with E-state index < -0.39 is 10.1 Å². The van der Waals surface area contributed by atoms with Crippen LogP contribution in [0.5, 0.6) is 11.5 Å². The van der Waals surface area contributed by atoms with Crippen molar-refractivity contribution >= 4 is 10.1 Å². The van der Waals surface area contributed by atoms with Crippen molar-refractivity contribution < 1.29 is 47.3 Å². The largest absolute Gasteiger partial charge is 1.00 e. The molecule has 0 fully saturated rings. The molecule has 0 radical (unpaired) electrons. The van der Waals surface area contributed by atoms with Crippen molar-refractivity contribution in [3.8, 4) is 11.5 Å². The third kappa shape index (κ3) is 11.5. The molecule has 0 amide bonds. The number of ether oxygens (including phenoxy) is 1. The molecule has 0 aliphatic carbocycles. The Morgan fingerprint density at radius 3 is 1.87 bits per heavy atom. The van der Waals surface area contributed by atoms with E-state index in [1.165, 1.54) is 63.9 Å². The zero-order valence-corrected chi connectivity index (χ0v) is 22.0. The van der Waals surface area contributed by atoms with Crippen LogP contribution in [0.1, 0.15) is 83.1 Å². The third-order valence-electron chi connectivity index (χ3n) is 5.32. The number of benzene rings is 2. The second-order valence-corrected chi connectivity index (χ2v) is 9.28. The Morgan fingerprint density at radius 2 is 1.32 bits per heavy atom. The number of unbranched alkanes of at least 4 members (excludes halogenated alkanes) is 10. The van der Waals surface area contributed by atoms with E-state index in [9.17, 15) is 13.0 Å². The van der Waals surface area contributed by atoms with Gasteiger partial charge in [0.1, 0.15) is 21.6 Å². The van der Waals surface area contributed by atoms with E-state index in [0.29, 0.717) is 5.75 Å². The number of aryl methyl sites for hydroxylation is 1. The van der Waals surface area contributed by atoms with Gasteiger partial charge < -0.3 is 9.29 Å². The van der Waals surface area contributed by atoms with E-state index >= 15 is 0 Å². The predicted molar refractivity (Wildman–Crippen MR) is 121 cm³/mol. The van der Waals surface area contributed by atoms with Gasteiger partial charge >= 0.3 is 29.6 Å². The first-order valence-electron chi connectivity index (χ1n) is 11.3. The molecule has 4 nitrogen and oxygen atoms in total. The molecule has 0 aliphatic heterocycles. The van der Waals surface area contributed by atoms with Crippen molar-refractivity contribution in [2.75, 3.05) is 0 Å². The van der Waals surface area contributed by atoms with Crippen LogP contribution in [0.25, 0.3) is 0 Å². The molecule has 2 rings (SSSR count). The molecular formula is C25H35NaO4S. The van der Waals surface area contributed by atoms with E-state index in [1.807, 2.05) is 6.07 Å². The van der Waals surface area contributed by atoms with E-state index in [4.69, 9.17) is 4.74 Å². The minimum absolute atomic E-state index is 0. The van der Waals surface area contributed by atoms with Crippen LogP contribution in [-0.4, -0.2) is 13.0 Å². The van der Waals surface area contributed by atoms with Crippen LogP contribution in [0.4, 0.5) is 0 Å². The van der Waals surface area contributed by atoms with Gasteiger partial charge in [-0.3, -0.25) is 0 Å². The fourth-order valence-corrected chi connectivity index (χ4v) is 4.18. The van der Waals surface area contributed by atoms with Gasteiger partial charge in [0.15, 0.2) is 0 Å². The maximum atomic E-state index is 11.6. The van der Waals surface area contributed by atoms with Crippen LogP contribution >= 0.6 is 0 Å². The zero-order chi connectivity index (χ0) is 21.7. The smallest absolute Gasteiger partial charge is 0.744 e. The van der Waals surface area contributed by atoms with Crippen molar-refractivity contribution in [3.63, 3.8) is 0 Å². The van der Waals surface area contributed by atoms with Gasteiger partial charge in [0.2, 0.25) is 0 Å². The molecule has 0 aliphatic rings. The maximum absolute atomic E-state index is 11.6. The summed E-state index contributed by atoms with van der Waals surface area (Å²) >= 11 is 0. The van der Waals surface area contributed by atoms with Gasteiger partial charge in [-0.1, -0.05) is 95.4 Å². The fourth-order valence-electron chi connectivity index (χ4n) is 3.60. The zero-order valence-electron chi connectivity index (χ0n) is 19.1. The molecular weight excluding hydrogens is 419 g/mol. The third-order valence-corrected chi connectivity index (χ3v) is 6.19. The number of para-hydroxylation sites is 1. The van der Waals surface area contributed by atoms with Gasteiger partial charge in [-0.25, -0.2) is 8.42 Å². The fraction of sp³-hybridized carbons (Fsp3) is 0.520. The van der Waals surface area contributed by atoms with Crippen LogP contribution in [-0.2, 0) is 16.5 Å². The molecule has 2 aromatic rings. The first-order valence-corrected chi connectivity index (χ1v) is 12.7. The topological polar surface area (TPSA) is 66.4 Å². The Balaban J connectivity index is 0.00000480. The summed E-state index contributed by atoms with van der Waals surface area (Å²) in [6.45, 7) is 2.25. The molecule has 6 heteroatoms. The minimum Gasteiger partial charge on any atom is -0.744 e. The molecule has 0 atom stereocenters. The second-order valence-electron chi connectivity index (χ2n) is 7.94. The van der Waals surface area contributed by atoms with E-state index in [0.717, 1.165) is 24.8 Å². The quantitative estimate of drug-likeness (QED) is 0.229. The molecule has 0 heterocycles.